The fourth-order valence-corrected chi connectivity index (χ4v) is 2.49. The van der Waals surface area contributed by atoms with Crippen LogP contribution >= 0.6 is 0 Å². The topological polar surface area (TPSA) is 38.3 Å². The van der Waals surface area contributed by atoms with Gasteiger partial charge >= 0.3 is 5.97 Å². The van der Waals surface area contributed by atoms with Crippen LogP contribution in [0.1, 0.15) is 29.3 Å². The second kappa shape index (κ2) is 6.53. The largest absolute Gasteiger partial charge is 0.465 e. The quantitative estimate of drug-likeness (QED) is 0.848. The standard InChI is InChI=1S/C16H21NO2/c1-12-11-17-10-9-13(12)7-8-14-5-3-4-6-15(14)16(18)19-2/h3-8,12-13,17H,9-11H2,1-2H3/b8-7-. The number of carbonyl (C=O) groups excluding carboxylic acids is 1. The van der Waals surface area contributed by atoms with Crippen LogP contribution in [0.5, 0.6) is 0 Å². The van der Waals surface area contributed by atoms with Crippen molar-refractivity contribution in [1.29, 1.82) is 0 Å². The number of carbonyl (C=O) groups is 1. The Hall–Kier alpha value is -1.61. The predicted molar refractivity (Wildman–Crippen MR) is 77.0 cm³/mol. The van der Waals surface area contributed by atoms with Gasteiger partial charge in [-0.3, -0.25) is 0 Å². The number of nitrogens with one attached hydrogen (secondary N) is 1. The zero-order valence-corrected chi connectivity index (χ0v) is 11.6. The van der Waals surface area contributed by atoms with Gasteiger partial charge in [-0.05, 0) is 43.0 Å². The second-order valence-electron chi connectivity index (χ2n) is 5.07. The van der Waals surface area contributed by atoms with Crippen molar-refractivity contribution in [2.24, 2.45) is 11.8 Å². The van der Waals surface area contributed by atoms with Crippen LogP contribution in [-0.2, 0) is 4.74 Å². The lowest BCUT2D eigenvalue weighted by Crippen LogP contribution is -2.34. The number of benzene rings is 1. The minimum Gasteiger partial charge on any atom is -0.465 e. The molecule has 0 radical (unpaired) electrons. The number of esters is 1. The molecule has 1 heterocycles. The lowest BCUT2D eigenvalue weighted by Gasteiger charge is -2.27. The highest BCUT2D eigenvalue weighted by molar-refractivity contribution is 5.93. The Bertz CT molecular complexity index is 468. The molecule has 0 spiro atoms. The first-order chi connectivity index (χ1) is 9.22. The Balaban J connectivity index is 2.16. The molecular weight excluding hydrogens is 238 g/mol. The third-order valence-corrected chi connectivity index (χ3v) is 3.74. The number of hydrogen-bond acceptors (Lipinski definition) is 3. The van der Waals surface area contributed by atoms with Gasteiger partial charge in [-0.25, -0.2) is 4.79 Å². The molecule has 0 saturated carbocycles. The Labute approximate surface area is 114 Å². The first kappa shape index (κ1) is 13.8. The maximum Gasteiger partial charge on any atom is 0.338 e. The average Bonchev–Trinajstić information content (AvgIpc) is 2.46. The van der Waals surface area contributed by atoms with Gasteiger partial charge in [-0.1, -0.05) is 37.3 Å². The number of methoxy groups -OCH3 is 1. The molecule has 1 fully saturated rings. The first-order valence-electron chi connectivity index (χ1n) is 6.78. The highest BCUT2D eigenvalue weighted by atomic mass is 16.5. The van der Waals surface area contributed by atoms with Crippen LogP contribution < -0.4 is 5.32 Å². The van der Waals surface area contributed by atoms with Crippen molar-refractivity contribution in [3.63, 3.8) is 0 Å². The fourth-order valence-electron chi connectivity index (χ4n) is 2.49. The summed E-state index contributed by atoms with van der Waals surface area (Å²) in [4.78, 5) is 11.7. The Kier molecular flexibility index (Phi) is 4.74. The third kappa shape index (κ3) is 3.44. The molecule has 0 amide bonds. The van der Waals surface area contributed by atoms with Crippen molar-refractivity contribution in [2.75, 3.05) is 20.2 Å². The molecule has 3 nitrogen and oxygen atoms in total. The molecule has 1 aliphatic rings. The molecule has 0 aromatic heterocycles. The second-order valence-corrected chi connectivity index (χ2v) is 5.07. The zero-order valence-electron chi connectivity index (χ0n) is 11.6. The molecule has 2 atom stereocenters. The van der Waals surface area contributed by atoms with E-state index in [9.17, 15) is 4.79 Å². The van der Waals surface area contributed by atoms with E-state index < -0.39 is 0 Å². The maximum atomic E-state index is 11.7. The van der Waals surface area contributed by atoms with Gasteiger partial charge in [0.2, 0.25) is 0 Å². The molecular formula is C16H21NO2. The van der Waals surface area contributed by atoms with E-state index in [4.69, 9.17) is 4.74 Å². The van der Waals surface area contributed by atoms with Crippen LogP contribution in [0.2, 0.25) is 0 Å². The minimum absolute atomic E-state index is 0.279. The van der Waals surface area contributed by atoms with Gasteiger partial charge in [0.25, 0.3) is 0 Å². The average molecular weight is 259 g/mol. The highest BCUT2D eigenvalue weighted by Gasteiger charge is 2.18. The summed E-state index contributed by atoms with van der Waals surface area (Å²) in [6, 6.07) is 7.56. The van der Waals surface area contributed by atoms with Crippen molar-refractivity contribution in [2.45, 2.75) is 13.3 Å². The lowest BCUT2D eigenvalue weighted by atomic mass is 9.87. The van der Waals surface area contributed by atoms with Gasteiger partial charge in [-0.15, -0.1) is 0 Å². The van der Waals surface area contributed by atoms with Gasteiger partial charge in [0.05, 0.1) is 12.7 Å². The van der Waals surface area contributed by atoms with Gasteiger partial charge < -0.3 is 10.1 Å². The normalized spacial score (nSPS) is 23.5. The molecule has 1 N–H and O–H groups in total. The SMILES string of the molecule is COC(=O)c1ccccc1/C=C\C1CCNCC1C. The van der Waals surface area contributed by atoms with Crippen LogP contribution in [0.25, 0.3) is 6.08 Å². The van der Waals surface area contributed by atoms with E-state index in [0.29, 0.717) is 17.4 Å². The predicted octanol–water partition coefficient (Wildman–Crippen LogP) is 2.73. The van der Waals surface area contributed by atoms with Gasteiger partial charge in [-0.2, -0.15) is 0 Å². The number of ether oxygens (including phenoxy) is 1. The molecule has 2 unspecified atom stereocenters. The van der Waals surface area contributed by atoms with E-state index in [1.54, 1.807) is 6.07 Å². The summed E-state index contributed by atoms with van der Waals surface area (Å²) in [6.07, 6.45) is 5.43. The Morgan fingerprint density at radius 1 is 1.42 bits per heavy atom. The summed E-state index contributed by atoms with van der Waals surface area (Å²) < 4.78 is 4.81. The summed E-state index contributed by atoms with van der Waals surface area (Å²) >= 11 is 0. The number of rotatable bonds is 3. The van der Waals surface area contributed by atoms with Gasteiger partial charge in [0.15, 0.2) is 0 Å². The first-order valence-corrected chi connectivity index (χ1v) is 6.78. The summed E-state index contributed by atoms with van der Waals surface area (Å²) in [6.45, 7) is 4.39. The molecule has 3 heteroatoms. The molecule has 2 rings (SSSR count). The zero-order chi connectivity index (χ0) is 13.7. The van der Waals surface area contributed by atoms with Crippen LogP contribution in [0.4, 0.5) is 0 Å². The molecule has 19 heavy (non-hydrogen) atoms. The smallest absolute Gasteiger partial charge is 0.338 e. The van der Waals surface area contributed by atoms with E-state index in [0.717, 1.165) is 25.1 Å². The molecule has 1 saturated heterocycles. The van der Waals surface area contributed by atoms with Crippen molar-refractivity contribution in [3.05, 3.63) is 41.5 Å². The maximum absolute atomic E-state index is 11.7. The van der Waals surface area contributed by atoms with E-state index in [-0.39, 0.29) is 5.97 Å². The highest BCUT2D eigenvalue weighted by Crippen LogP contribution is 2.22. The van der Waals surface area contributed by atoms with Crippen LogP contribution in [-0.4, -0.2) is 26.2 Å². The monoisotopic (exact) mass is 259 g/mol. The summed E-state index contributed by atoms with van der Waals surface area (Å²) in [7, 11) is 1.41. The third-order valence-electron chi connectivity index (χ3n) is 3.74. The van der Waals surface area contributed by atoms with E-state index in [2.05, 4.69) is 24.4 Å². The number of piperidine rings is 1. The molecule has 0 aliphatic carbocycles. The number of hydrogen-bond donors (Lipinski definition) is 1. The minimum atomic E-state index is -0.279. The van der Waals surface area contributed by atoms with E-state index in [1.807, 2.05) is 18.2 Å². The Morgan fingerprint density at radius 3 is 2.95 bits per heavy atom. The van der Waals surface area contributed by atoms with E-state index >= 15 is 0 Å². The van der Waals surface area contributed by atoms with Gasteiger partial charge in [0.1, 0.15) is 0 Å². The fraction of sp³-hybridized carbons (Fsp3) is 0.438. The van der Waals surface area contributed by atoms with Crippen LogP contribution in [0.3, 0.4) is 0 Å². The van der Waals surface area contributed by atoms with Crippen molar-refractivity contribution in [1.82, 2.24) is 5.32 Å². The van der Waals surface area contributed by atoms with Crippen molar-refractivity contribution >= 4 is 12.0 Å². The van der Waals surface area contributed by atoms with Crippen molar-refractivity contribution in [3.8, 4) is 0 Å². The summed E-state index contributed by atoms with van der Waals surface area (Å²) in [5.74, 6) is 0.931. The molecule has 1 aromatic carbocycles. The summed E-state index contributed by atoms with van der Waals surface area (Å²) in [5, 5.41) is 3.39. The molecule has 1 aliphatic heterocycles. The van der Waals surface area contributed by atoms with Crippen molar-refractivity contribution < 1.29 is 9.53 Å². The van der Waals surface area contributed by atoms with Crippen LogP contribution in [0, 0.1) is 11.8 Å². The molecule has 1 aromatic rings. The lowest BCUT2D eigenvalue weighted by molar-refractivity contribution is 0.0600. The number of allylic oxidation sites excluding steroid dienone is 1. The Morgan fingerprint density at radius 2 is 2.21 bits per heavy atom. The molecule has 102 valence electrons. The van der Waals surface area contributed by atoms with Gasteiger partial charge in [0, 0.05) is 0 Å². The summed E-state index contributed by atoms with van der Waals surface area (Å²) in [5.41, 5.74) is 1.56. The van der Waals surface area contributed by atoms with E-state index in [1.165, 1.54) is 7.11 Å². The molecule has 0 bridgehead atoms. The van der Waals surface area contributed by atoms with Crippen LogP contribution in [0.15, 0.2) is 30.3 Å².